The van der Waals surface area contributed by atoms with Crippen LogP contribution in [0.15, 0.2) is 36.8 Å². The van der Waals surface area contributed by atoms with E-state index in [1.54, 1.807) is 6.20 Å². The number of nitrogens with two attached hydrogens (primary N) is 1. The molecular formula is C20H21N7. The minimum Gasteiger partial charge on any atom is -0.351 e. The van der Waals surface area contributed by atoms with Gasteiger partial charge in [0.25, 0.3) is 0 Å². The van der Waals surface area contributed by atoms with E-state index in [-0.39, 0.29) is 0 Å². The monoisotopic (exact) mass is 359 g/mol. The Bertz CT molecular complexity index is 987. The van der Waals surface area contributed by atoms with Gasteiger partial charge in [-0.3, -0.25) is 0 Å². The predicted octanol–water partition coefficient (Wildman–Crippen LogP) is 2.83. The summed E-state index contributed by atoms with van der Waals surface area (Å²) < 4.78 is 0. The Labute approximate surface area is 157 Å². The van der Waals surface area contributed by atoms with Crippen molar-refractivity contribution in [1.82, 2.24) is 19.9 Å². The molecule has 0 unspecified atom stereocenters. The third kappa shape index (κ3) is 3.96. The number of aromatic nitrogens is 4. The van der Waals surface area contributed by atoms with Crippen molar-refractivity contribution in [3.8, 4) is 12.3 Å². The van der Waals surface area contributed by atoms with Crippen LogP contribution in [-0.2, 0) is 0 Å². The number of nitrogens with zero attached hydrogens (tertiary/aromatic N) is 4. The van der Waals surface area contributed by atoms with Crippen molar-refractivity contribution in [1.29, 1.82) is 0 Å². The Balaban J connectivity index is 1.60. The van der Waals surface area contributed by atoms with Crippen LogP contribution in [0, 0.1) is 12.3 Å². The highest BCUT2D eigenvalue weighted by Crippen LogP contribution is 2.24. The number of terminal acetylenes is 1. The zero-order valence-corrected chi connectivity index (χ0v) is 14.9. The molecule has 7 nitrogen and oxygen atoms in total. The van der Waals surface area contributed by atoms with Gasteiger partial charge in [-0.1, -0.05) is 12.0 Å². The fraction of sp³-hybridized carbons (Fsp3) is 0.300. The molecule has 1 fully saturated rings. The van der Waals surface area contributed by atoms with Gasteiger partial charge in [-0.15, -0.1) is 6.42 Å². The molecule has 7 heteroatoms. The van der Waals surface area contributed by atoms with E-state index in [0.717, 1.165) is 36.9 Å². The lowest BCUT2D eigenvalue weighted by Crippen LogP contribution is -2.33. The van der Waals surface area contributed by atoms with Gasteiger partial charge in [-0.05, 0) is 43.9 Å². The van der Waals surface area contributed by atoms with Crippen molar-refractivity contribution >= 4 is 28.5 Å². The van der Waals surface area contributed by atoms with Crippen LogP contribution in [-0.4, -0.2) is 32.0 Å². The molecule has 0 spiro atoms. The van der Waals surface area contributed by atoms with Gasteiger partial charge in [0.1, 0.15) is 17.4 Å². The molecule has 0 atom stereocenters. The normalized spacial score (nSPS) is 19.4. The maximum atomic E-state index is 5.98. The molecule has 27 heavy (non-hydrogen) atoms. The third-order valence-corrected chi connectivity index (χ3v) is 4.77. The van der Waals surface area contributed by atoms with Crippen molar-refractivity contribution in [3.05, 3.63) is 42.4 Å². The first-order valence-electron chi connectivity index (χ1n) is 9.05. The molecule has 0 amide bonds. The second-order valence-corrected chi connectivity index (χ2v) is 6.76. The summed E-state index contributed by atoms with van der Waals surface area (Å²) in [5.74, 6) is 3.83. The molecule has 4 rings (SSSR count). The highest BCUT2D eigenvalue weighted by molar-refractivity contribution is 5.87. The first-order valence-corrected chi connectivity index (χ1v) is 9.05. The van der Waals surface area contributed by atoms with E-state index in [9.17, 15) is 0 Å². The number of hydrogen-bond donors (Lipinski definition) is 3. The summed E-state index contributed by atoms with van der Waals surface area (Å²) in [5, 5.41) is 6.69. The molecule has 2 aromatic heterocycles. The summed E-state index contributed by atoms with van der Waals surface area (Å²) in [6.45, 7) is 0. The molecule has 1 aliphatic carbocycles. The highest BCUT2D eigenvalue weighted by atomic mass is 15.1. The average molecular weight is 359 g/mol. The Morgan fingerprint density at radius 1 is 1.11 bits per heavy atom. The number of anilines is 3. The molecule has 136 valence electrons. The van der Waals surface area contributed by atoms with Gasteiger partial charge in [0.15, 0.2) is 5.82 Å². The van der Waals surface area contributed by atoms with Gasteiger partial charge in [-0.25, -0.2) is 19.9 Å². The summed E-state index contributed by atoms with van der Waals surface area (Å²) >= 11 is 0. The van der Waals surface area contributed by atoms with Crippen molar-refractivity contribution in [2.75, 3.05) is 10.6 Å². The minimum absolute atomic E-state index is 0.309. The molecule has 3 aromatic rings. The first-order chi connectivity index (χ1) is 13.2. The smallest absolute Gasteiger partial charge is 0.223 e. The number of rotatable bonds is 4. The SMILES string of the molecule is C#Cc1cccc(Nc2ncnc3cnc(NC4CCC(N)CC4)nc23)c1. The molecule has 1 aromatic carbocycles. The molecule has 0 saturated heterocycles. The average Bonchev–Trinajstić information content (AvgIpc) is 2.70. The van der Waals surface area contributed by atoms with E-state index in [4.69, 9.17) is 12.2 Å². The zero-order valence-electron chi connectivity index (χ0n) is 14.9. The van der Waals surface area contributed by atoms with Crippen molar-refractivity contribution in [2.45, 2.75) is 37.8 Å². The molecular weight excluding hydrogens is 338 g/mol. The Hall–Kier alpha value is -3.24. The highest BCUT2D eigenvalue weighted by Gasteiger charge is 2.19. The molecule has 1 aliphatic rings. The van der Waals surface area contributed by atoms with E-state index in [0.29, 0.717) is 34.9 Å². The van der Waals surface area contributed by atoms with Gasteiger partial charge in [0, 0.05) is 23.3 Å². The Morgan fingerprint density at radius 2 is 1.96 bits per heavy atom. The maximum absolute atomic E-state index is 5.98. The number of fused-ring (bicyclic) bond motifs is 1. The molecule has 2 heterocycles. The fourth-order valence-electron chi connectivity index (χ4n) is 3.28. The van der Waals surface area contributed by atoms with Crippen LogP contribution in [0.1, 0.15) is 31.2 Å². The Morgan fingerprint density at radius 3 is 2.78 bits per heavy atom. The summed E-state index contributed by atoms with van der Waals surface area (Å²) in [6, 6.07) is 8.25. The van der Waals surface area contributed by atoms with Crippen LogP contribution in [0.3, 0.4) is 0 Å². The zero-order chi connectivity index (χ0) is 18.6. The minimum atomic E-state index is 0.309. The van der Waals surface area contributed by atoms with Gasteiger partial charge < -0.3 is 16.4 Å². The van der Waals surface area contributed by atoms with Gasteiger partial charge in [-0.2, -0.15) is 0 Å². The lowest BCUT2D eigenvalue weighted by molar-refractivity contribution is 0.410. The van der Waals surface area contributed by atoms with Crippen LogP contribution < -0.4 is 16.4 Å². The fourth-order valence-corrected chi connectivity index (χ4v) is 3.28. The van der Waals surface area contributed by atoms with E-state index >= 15 is 0 Å². The number of hydrogen-bond acceptors (Lipinski definition) is 7. The lowest BCUT2D eigenvalue weighted by atomic mass is 9.92. The predicted molar refractivity (Wildman–Crippen MR) is 107 cm³/mol. The summed E-state index contributed by atoms with van der Waals surface area (Å²) in [7, 11) is 0. The van der Waals surface area contributed by atoms with Gasteiger partial charge >= 0.3 is 0 Å². The molecule has 0 bridgehead atoms. The third-order valence-electron chi connectivity index (χ3n) is 4.77. The van der Waals surface area contributed by atoms with Crippen LogP contribution in [0.5, 0.6) is 0 Å². The second-order valence-electron chi connectivity index (χ2n) is 6.76. The number of nitrogens with one attached hydrogen (secondary N) is 2. The molecule has 0 radical (unpaired) electrons. The van der Waals surface area contributed by atoms with Gasteiger partial charge in [0.2, 0.25) is 5.95 Å². The topological polar surface area (TPSA) is 102 Å². The van der Waals surface area contributed by atoms with Crippen LogP contribution in [0.2, 0.25) is 0 Å². The van der Waals surface area contributed by atoms with Crippen LogP contribution in [0.4, 0.5) is 17.5 Å². The van der Waals surface area contributed by atoms with Crippen LogP contribution in [0.25, 0.3) is 11.0 Å². The van der Waals surface area contributed by atoms with Gasteiger partial charge in [0.05, 0.1) is 6.20 Å². The summed E-state index contributed by atoms with van der Waals surface area (Å²) in [6.07, 6.45) is 12.8. The quantitative estimate of drug-likeness (QED) is 0.616. The first kappa shape index (κ1) is 17.2. The second kappa shape index (κ2) is 7.56. The van der Waals surface area contributed by atoms with E-state index < -0.39 is 0 Å². The standard InChI is InChI=1S/C20H21N7/c1-2-13-4-3-5-16(10-13)25-19-18-17(23-12-24-19)11-22-20(27-18)26-15-8-6-14(21)7-9-15/h1,3-5,10-12,14-15H,6-9,21H2,(H,22,26,27)(H,23,24,25). The van der Waals surface area contributed by atoms with E-state index in [2.05, 4.69) is 36.5 Å². The summed E-state index contributed by atoms with van der Waals surface area (Å²) in [4.78, 5) is 17.7. The number of benzene rings is 1. The molecule has 1 saturated carbocycles. The molecule has 0 aliphatic heterocycles. The summed E-state index contributed by atoms with van der Waals surface area (Å²) in [5.41, 5.74) is 8.96. The lowest BCUT2D eigenvalue weighted by Gasteiger charge is -2.26. The molecule has 4 N–H and O–H groups in total. The van der Waals surface area contributed by atoms with E-state index in [1.165, 1.54) is 6.33 Å². The van der Waals surface area contributed by atoms with Crippen LogP contribution >= 0.6 is 0 Å². The van der Waals surface area contributed by atoms with Crippen molar-refractivity contribution < 1.29 is 0 Å². The maximum Gasteiger partial charge on any atom is 0.223 e. The van der Waals surface area contributed by atoms with Crippen molar-refractivity contribution in [3.63, 3.8) is 0 Å². The largest absolute Gasteiger partial charge is 0.351 e. The Kier molecular flexibility index (Phi) is 4.81. The van der Waals surface area contributed by atoms with E-state index in [1.807, 2.05) is 24.3 Å². The van der Waals surface area contributed by atoms with Crippen molar-refractivity contribution in [2.24, 2.45) is 5.73 Å².